The number of carboxylic acids is 1. The fourth-order valence-electron chi connectivity index (χ4n) is 2.81. The van der Waals surface area contributed by atoms with Crippen molar-refractivity contribution in [3.05, 3.63) is 53.9 Å². The standard InChI is InChI=1S/C17H18N2O5S/c1-12-2-4-15(5-3-12)25(23,24)19-9-7-13(11-19)16(20)18-8-6-14(10-18)17(21)22/h2-5,7,9,11,14H,6,8,10H2,1H3,(H,21,22). The summed E-state index contributed by atoms with van der Waals surface area (Å²) in [7, 11) is -3.76. The van der Waals surface area contributed by atoms with Crippen LogP contribution in [0.2, 0.25) is 0 Å². The van der Waals surface area contributed by atoms with Crippen molar-refractivity contribution in [2.24, 2.45) is 5.92 Å². The molecule has 8 heteroatoms. The molecule has 0 spiro atoms. The average molecular weight is 362 g/mol. The molecule has 0 aliphatic carbocycles. The first kappa shape index (κ1) is 17.2. The summed E-state index contributed by atoms with van der Waals surface area (Å²) in [5, 5.41) is 9.02. The van der Waals surface area contributed by atoms with Crippen LogP contribution in [0.4, 0.5) is 0 Å². The summed E-state index contributed by atoms with van der Waals surface area (Å²) in [6.45, 7) is 2.36. The smallest absolute Gasteiger partial charge is 0.308 e. The summed E-state index contributed by atoms with van der Waals surface area (Å²) in [5.74, 6) is -1.85. The largest absolute Gasteiger partial charge is 0.481 e. The second-order valence-corrected chi connectivity index (χ2v) is 7.97. The summed E-state index contributed by atoms with van der Waals surface area (Å²) in [5.41, 5.74) is 1.17. The minimum Gasteiger partial charge on any atom is -0.481 e. The maximum atomic E-state index is 12.6. The van der Waals surface area contributed by atoms with Crippen LogP contribution in [-0.2, 0) is 14.8 Å². The van der Waals surface area contributed by atoms with Crippen LogP contribution >= 0.6 is 0 Å². The first-order valence-corrected chi connectivity index (χ1v) is 9.25. The molecule has 2 heterocycles. The Kier molecular flexibility index (Phi) is 4.38. The lowest BCUT2D eigenvalue weighted by Gasteiger charge is -2.14. The molecule has 1 atom stereocenters. The van der Waals surface area contributed by atoms with Gasteiger partial charge in [0.1, 0.15) is 0 Å². The maximum Gasteiger partial charge on any atom is 0.308 e. The number of carbonyl (C=O) groups is 2. The van der Waals surface area contributed by atoms with Gasteiger partial charge < -0.3 is 10.0 Å². The number of hydrogen-bond acceptors (Lipinski definition) is 4. The number of aromatic nitrogens is 1. The molecule has 1 aromatic heterocycles. The molecule has 1 saturated heterocycles. The summed E-state index contributed by atoms with van der Waals surface area (Å²) in [4.78, 5) is 25.0. The van der Waals surface area contributed by atoms with Gasteiger partial charge in [0.25, 0.3) is 15.9 Å². The van der Waals surface area contributed by atoms with Gasteiger partial charge in [-0.2, -0.15) is 0 Å². The Balaban J connectivity index is 1.81. The Morgan fingerprint density at radius 1 is 1.16 bits per heavy atom. The van der Waals surface area contributed by atoms with Gasteiger partial charge in [-0.25, -0.2) is 12.4 Å². The zero-order valence-corrected chi connectivity index (χ0v) is 14.4. The minimum atomic E-state index is -3.76. The van der Waals surface area contributed by atoms with Crippen molar-refractivity contribution in [3.63, 3.8) is 0 Å². The fourth-order valence-corrected chi connectivity index (χ4v) is 4.01. The van der Waals surface area contributed by atoms with Gasteiger partial charge in [-0.1, -0.05) is 17.7 Å². The molecule has 0 bridgehead atoms. The van der Waals surface area contributed by atoms with E-state index >= 15 is 0 Å². The van der Waals surface area contributed by atoms with Crippen LogP contribution in [0.25, 0.3) is 0 Å². The number of benzene rings is 1. The quantitative estimate of drug-likeness (QED) is 0.891. The number of rotatable bonds is 4. The molecule has 1 aliphatic heterocycles. The molecule has 132 valence electrons. The molecule has 1 unspecified atom stereocenters. The van der Waals surface area contributed by atoms with Gasteiger partial charge in [0.15, 0.2) is 0 Å². The monoisotopic (exact) mass is 362 g/mol. The molecular weight excluding hydrogens is 344 g/mol. The SMILES string of the molecule is Cc1ccc(S(=O)(=O)n2ccc(C(=O)N3CCC(C(=O)O)C3)c2)cc1. The van der Waals surface area contributed by atoms with Crippen LogP contribution in [0.5, 0.6) is 0 Å². The Bertz CT molecular complexity index is 915. The molecule has 2 aromatic rings. The first-order valence-electron chi connectivity index (χ1n) is 7.81. The Hall–Kier alpha value is -2.61. The highest BCUT2D eigenvalue weighted by atomic mass is 32.2. The zero-order valence-electron chi connectivity index (χ0n) is 13.6. The molecule has 1 aromatic carbocycles. The fraction of sp³-hybridized carbons (Fsp3) is 0.294. The number of likely N-dealkylation sites (tertiary alicyclic amines) is 1. The third-order valence-electron chi connectivity index (χ3n) is 4.34. The van der Waals surface area contributed by atoms with E-state index in [0.29, 0.717) is 13.0 Å². The van der Waals surface area contributed by atoms with Gasteiger partial charge in [0.2, 0.25) is 0 Å². The highest BCUT2D eigenvalue weighted by Gasteiger charge is 2.32. The van der Waals surface area contributed by atoms with Crippen LogP contribution < -0.4 is 0 Å². The van der Waals surface area contributed by atoms with Gasteiger partial charge in [-0.05, 0) is 31.5 Å². The minimum absolute atomic E-state index is 0.139. The van der Waals surface area contributed by atoms with E-state index in [-0.39, 0.29) is 22.9 Å². The van der Waals surface area contributed by atoms with E-state index in [4.69, 9.17) is 5.11 Å². The van der Waals surface area contributed by atoms with E-state index in [1.54, 1.807) is 12.1 Å². The van der Waals surface area contributed by atoms with Crippen LogP contribution in [-0.4, -0.2) is 47.4 Å². The van der Waals surface area contributed by atoms with E-state index in [2.05, 4.69) is 0 Å². The molecule has 1 amide bonds. The highest BCUT2D eigenvalue weighted by molar-refractivity contribution is 7.90. The lowest BCUT2D eigenvalue weighted by molar-refractivity contribution is -0.141. The van der Waals surface area contributed by atoms with E-state index < -0.39 is 21.9 Å². The maximum absolute atomic E-state index is 12.6. The van der Waals surface area contributed by atoms with E-state index in [1.165, 1.54) is 35.5 Å². The van der Waals surface area contributed by atoms with Gasteiger partial charge in [-0.15, -0.1) is 0 Å². The predicted molar refractivity (Wildman–Crippen MR) is 89.8 cm³/mol. The molecule has 7 nitrogen and oxygen atoms in total. The van der Waals surface area contributed by atoms with E-state index in [1.807, 2.05) is 6.92 Å². The van der Waals surface area contributed by atoms with Crippen LogP contribution in [0, 0.1) is 12.8 Å². The normalized spacial score (nSPS) is 17.6. The third-order valence-corrected chi connectivity index (χ3v) is 5.99. The van der Waals surface area contributed by atoms with Gasteiger partial charge in [0, 0.05) is 25.5 Å². The van der Waals surface area contributed by atoms with E-state index in [0.717, 1.165) is 9.54 Å². The lowest BCUT2D eigenvalue weighted by atomic mass is 10.1. The third kappa shape index (κ3) is 3.30. The summed E-state index contributed by atoms with van der Waals surface area (Å²) in [6, 6.07) is 7.88. The molecule has 25 heavy (non-hydrogen) atoms. The Morgan fingerprint density at radius 2 is 1.84 bits per heavy atom. The number of carbonyl (C=O) groups excluding carboxylic acids is 1. The van der Waals surface area contributed by atoms with Gasteiger partial charge in [-0.3, -0.25) is 9.59 Å². The average Bonchev–Trinajstić information content (AvgIpc) is 3.24. The molecular formula is C17H18N2O5S. The van der Waals surface area contributed by atoms with Crippen LogP contribution in [0.15, 0.2) is 47.6 Å². The van der Waals surface area contributed by atoms with Gasteiger partial charge >= 0.3 is 5.97 Å². The first-order chi connectivity index (χ1) is 11.8. The number of amides is 1. The summed E-state index contributed by atoms with van der Waals surface area (Å²) < 4.78 is 26.2. The second-order valence-electron chi connectivity index (χ2n) is 6.12. The van der Waals surface area contributed by atoms with Crippen molar-refractivity contribution in [2.45, 2.75) is 18.2 Å². The molecule has 0 saturated carbocycles. The number of nitrogens with zero attached hydrogens (tertiary/aromatic N) is 2. The van der Waals surface area contributed by atoms with Crippen molar-refractivity contribution in [1.82, 2.24) is 8.87 Å². The zero-order chi connectivity index (χ0) is 18.2. The van der Waals surface area contributed by atoms with Crippen LogP contribution in [0.1, 0.15) is 22.3 Å². The molecule has 1 aliphatic rings. The Morgan fingerprint density at radius 3 is 2.44 bits per heavy atom. The molecule has 0 radical (unpaired) electrons. The Labute approximate surface area is 145 Å². The van der Waals surface area contributed by atoms with Crippen molar-refractivity contribution in [2.75, 3.05) is 13.1 Å². The van der Waals surface area contributed by atoms with Crippen LogP contribution in [0.3, 0.4) is 0 Å². The molecule has 1 fully saturated rings. The van der Waals surface area contributed by atoms with Crippen molar-refractivity contribution in [1.29, 1.82) is 0 Å². The highest BCUT2D eigenvalue weighted by Crippen LogP contribution is 2.21. The summed E-state index contributed by atoms with van der Waals surface area (Å²) in [6.07, 6.45) is 3.00. The van der Waals surface area contributed by atoms with Gasteiger partial charge in [0.05, 0.1) is 16.4 Å². The topological polar surface area (TPSA) is 96.7 Å². The van der Waals surface area contributed by atoms with E-state index in [9.17, 15) is 18.0 Å². The van der Waals surface area contributed by atoms with Crippen molar-refractivity contribution >= 4 is 21.9 Å². The predicted octanol–water partition coefficient (Wildman–Crippen LogP) is 1.58. The number of carboxylic acid groups (broad SMARTS) is 1. The number of aryl methyl sites for hydroxylation is 1. The van der Waals surface area contributed by atoms with Crippen molar-refractivity contribution in [3.8, 4) is 0 Å². The summed E-state index contributed by atoms with van der Waals surface area (Å²) >= 11 is 0. The number of hydrogen-bond donors (Lipinski definition) is 1. The molecule has 1 N–H and O–H groups in total. The lowest BCUT2D eigenvalue weighted by Crippen LogP contribution is -2.29. The molecule has 3 rings (SSSR count). The second kappa shape index (κ2) is 6.36. The number of aliphatic carboxylic acids is 1. The van der Waals surface area contributed by atoms with Crippen molar-refractivity contribution < 1.29 is 23.1 Å².